The molecular weight excluding hydrogens is 336 g/mol. The maximum absolute atomic E-state index is 12.5. The van der Waals surface area contributed by atoms with Gasteiger partial charge in [0.1, 0.15) is 0 Å². The van der Waals surface area contributed by atoms with E-state index in [2.05, 4.69) is 4.72 Å². The van der Waals surface area contributed by atoms with E-state index >= 15 is 0 Å². The topological polar surface area (TPSA) is 83.6 Å². The third kappa shape index (κ3) is 4.40. The Kier molecular flexibility index (Phi) is 4.94. The van der Waals surface area contributed by atoms with Crippen molar-refractivity contribution in [3.8, 4) is 0 Å². The zero-order valence-electron chi connectivity index (χ0n) is 11.5. The van der Waals surface area contributed by atoms with Crippen molar-refractivity contribution in [2.75, 3.05) is 19.3 Å². The van der Waals surface area contributed by atoms with Crippen LogP contribution in [0.15, 0.2) is 29.2 Å². The van der Waals surface area contributed by atoms with Gasteiger partial charge in [-0.2, -0.15) is 4.31 Å². The average Bonchev–Trinajstić information content (AvgIpc) is 2.37. The maximum atomic E-state index is 12.5. The molecule has 1 aliphatic heterocycles. The van der Waals surface area contributed by atoms with Crippen LogP contribution in [-0.4, -0.2) is 46.5 Å². The summed E-state index contributed by atoms with van der Waals surface area (Å²) in [5.41, 5.74) is 0. The average molecular weight is 353 g/mol. The second-order valence-corrected chi connectivity index (χ2v) is 9.20. The van der Waals surface area contributed by atoms with Crippen LogP contribution in [0.2, 0.25) is 5.02 Å². The highest BCUT2D eigenvalue weighted by Crippen LogP contribution is 2.23. The summed E-state index contributed by atoms with van der Waals surface area (Å²) in [7, 11) is -7.02. The molecule has 6 nitrogen and oxygen atoms in total. The van der Waals surface area contributed by atoms with Crippen LogP contribution < -0.4 is 4.72 Å². The van der Waals surface area contributed by atoms with Gasteiger partial charge in [-0.15, -0.1) is 0 Å². The van der Waals surface area contributed by atoms with Crippen LogP contribution in [0.1, 0.15) is 12.8 Å². The first-order valence-electron chi connectivity index (χ1n) is 6.41. The Morgan fingerprint density at radius 1 is 1.29 bits per heavy atom. The summed E-state index contributed by atoms with van der Waals surface area (Å²) in [4.78, 5) is 0.120. The molecule has 0 bridgehead atoms. The predicted molar refractivity (Wildman–Crippen MR) is 81.2 cm³/mol. The molecule has 118 valence electrons. The number of sulfonamides is 2. The number of piperidine rings is 1. The molecule has 0 unspecified atom stereocenters. The molecule has 0 aliphatic carbocycles. The summed E-state index contributed by atoms with van der Waals surface area (Å²) in [5, 5.41) is 0.346. The van der Waals surface area contributed by atoms with Crippen molar-refractivity contribution in [2.45, 2.75) is 23.8 Å². The highest BCUT2D eigenvalue weighted by molar-refractivity contribution is 7.89. The van der Waals surface area contributed by atoms with Gasteiger partial charge in [-0.25, -0.2) is 21.6 Å². The summed E-state index contributed by atoms with van der Waals surface area (Å²) in [6.45, 7) is 0.499. The van der Waals surface area contributed by atoms with E-state index in [1.165, 1.54) is 16.4 Å². The number of hydrogen-bond acceptors (Lipinski definition) is 4. The van der Waals surface area contributed by atoms with Gasteiger partial charge in [-0.3, -0.25) is 0 Å². The molecule has 1 N–H and O–H groups in total. The number of nitrogens with one attached hydrogen (secondary N) is 1. The van der Waals surface area contributed by atoms with Crippen LogP contribution in [0.5, 0.6) is 0 Å². The van der Waals surface area contributed by atoms with Crippen LogP contribution in [-0.2, 0) is 20.0 Å². The van der Waals surface area contributed by atoms with Crippen LogP contribution in [0.4, 0.5) is 0 Å². The summed E-state index contributed by atoms with van der Waals surface area (Å²) in [5.74, 6) is 0. The molecule has 0 spiro atoms. The van der Waals surface area contributed by atoms with Gasteiger partial charge >= 0.3 is 0 Å². The molecule has 1 aliphatic rings. The second kappa shape index (κ2) is 6.21. The summed E-state index contributed by atoms with van der Waals surface area (Å²) >= 11 is 5.83. The lowest BCUT2D eigenvalue weighted by Crippen LogP contribution is -2.49. The van der Waals surface area contributed by atoms with E-state index in [0.29, 0.717) is 24.4 Å². The normalized spacial score (nSPS) is 21.3. The number of benzene rings is 1. The molecule has 1 heterocycles. The van der Waals surface area contributed by atoms with Gasteiger partial charge in [0.2, 0.25) is 20.0 Å². The number of halogens is 1. The van der Waals surface area contributed by atoms with Gasteiger partial charge in [0.25, 0.3) is 0 Å². The first-order valence-corrected chi connectivity index (χ1v) is 10.1. The van der Waals surface area contributed by atoms with Gasteiger partial charge in [0.05, 0.1) is 11.2 Å². The van der Waals surface area contributed by atoms with Crippen molar-refractivity contribution in [3.63, 3.8) is 0 Å². The molecule has 1 fully saturated rings. The number of nitrogens with zero attached hydrogens (tertiary/aromatic N) is 1. The Hall–Kier alpha value is -0.670. The van der Waals surface area contributed by atoms with Crippen molar-refractivity contribution in [1.82, 2.24) is 9.03 Å². The molecule has 0 amide bonds. The Morgan fingerprint density at radius 3 is 2.62 bits per heavy atom. The molecule has 0 radical (unpaired) electrons. The minimum Gasteiger partial charge on any atom is -0.213 e. The van der Waals surface area contributed by atoms with Crippen LogP contribution in [0.3, 0.4) is 0 Å². The minimum absolute atomic E-state index is 0.120. The lowest BCUT2D eigenvalue weighted by atomic mass is 10.1. The van der Waals surface area contributed by atoms with Gasteiger partial charge in [-0.1, -0.05) is 17.7 Å². The Labute approximate surface area is 130 Å². The van der Waals surface area contributed by atoms with Crippen molar-refractivity contribution >= 4 is 31.6 Å². The summed E-state index contributed by atoms with van der Waals surface area (Å²) in [6.07, 6.45) is 2.29. The van der Waals surface area contributed by atoms with Gasteiger partial charge in [-0.05, 0) is 31.0 Å². The third-order valence-electron chi connectivity index (χ3n) is 3.20. The van der Waals surface area contributed by atoms with E-state index in [-0.39, 0.29) is 11.4 Å². The van der Waals surface area contributed by atoms with E-state index in [4.69, 9.17) is 11.6 Å². The molecule has 0 aromatic heterocycles. The molecule has 9 heteroatoms. The van der Waals surface area contributed by atoms with Crippen molar-refractivity contribution in [1.29, 1.82) is 0 Å². The molecule has 1 atom stereocenters. The fourth-order valence-electron chi connectivity index (χ4n) is 2.34. The van der Waals surface area contributed by atoms with E-state index in [9.17, 15) is 16.8 Å². The zero-order chi connectivity index (χ0) is 15.7. The standard InChI is InChI=1S/C12H17ClN2O4S2/c1-20(16,17)14-11-5-3-7-15(9-11)21(18,19)12-6-2-4-10(13)8-12/h2,4,6,8,11,14H,3,5,7,9H2,1H3/t11-/m0/s1. The molecule has 21 heavy (non-hydrogen) atoms. The Morgan fingerprint density at radius 2 is 2.00 bits per heavy atom. The number of rotatable bonds is 4. The zero-order valence-corrected chi connectivity index (χ0v) is 13.9. The second-order valence-electron chi connectivity index (χ2n) is 5.05. The fraction of sp³-hybridized carbons (Fsp3) is 0.500. The van der Waals surface area contributed by atoms with Crippen molar-refractivity contribution < 1.29 is 16.8 Å². The molecule has 0 saturated carbocycles. The van der Waals surface area contributed by atoms with Gasteiger partial charge in [0, 0.05) is 24.2 Å². The van der Waals surface area contributed by atoms with E-state index in [1.54, 1.807) is 12.1 Å². The van der Waals surface area contributed by atoms with Crippen molar-refractivity contribution in [2.24, 2.45) is 0 Å². The van der Waals surface area contributed by atoms with E-state index < -0.39 is 26.1 Å². The molecule has 1 aromatic rings. The minimum atomic E-state index is -3.66. The van der Waals surface area contributed by atoms with Crippen LogP contribution in [0.25, 0.3) is 0 Å². The Balaban J connectivity index is 2.20. The summed E-state index contributed by atoms with van der Waals surface area (Å²) in [6, 6.07) is 5.65. The SMILES string of the molecule is CS(=O)(=O)N[C@H]1CCCN(S(=O)(=O)c2cccc(Cl)c2)C1. The lowest BCUT2D eigenvalue weighted by Gasteiger charge is -2.31. The molecular formula is C12H17ClN2O4S2. The van der Waals surface area contributed by atoms with E-state index in [1.807, 2.05) is 0 Å². The monoisotopic (exact) mass is 352 g/mol. The lowest BCUT2D eigenvalue weighted by molar-refractivity contribution is 0.303. The first kappa shape index (κ1) is 16.7. The van der Waals surface area contributed by atoms with Gasteiger partial charge < -0.3 is 0 Å². The summed E-state index contributed by atoms with van der Waals surface area (Å²) < 4.78 is 51.4. The maximum Gasteiger partial charge on any atom is 0.243 e. The molecule has 1 aromatic carbocycles. The quantitative estimate of drug-likeness (QED) is 0.877. The van der Waals surface area contributed by atoms with Crippen LogP contribution in [0, 0.1) is 0 Å². The molecule has 1 saturated heterocycles. The predicted octanol–water partition coefficient (Wildman–Crippen LogP) is 1.04. The van der Waals surface area contributed by atoms with Crippen LogP contribution >= 0.6 is 11.6 Å². The first-order chi connectivity index (χ1) is 9.68. The fourth-order valence-corrected chi connectivity index (χ4v) is 4.96. The largest absolute Gasteiger partial charge is 0.243 e. The Bertz CT molecular complexity index is 719. The number of hydrogen-bond donors (Lipinski definition) is 1. The van der Waals surface area contributed by atoms with Gasteiger partial charge in [0.15, 0.2) is 0 Å². The highest BCUT2D eigenvalue weighted by Gasteiger charge is 2.31. The molecule has 2 rings (SSSR count). The smallest absolute Gasteiger partial charge is 0.213 e. The highest BCUT2D eigenvalue weighted by atomic mass is 35.5. The van der Waals surface area contributed by atoms with Crippen molar-refractivity contribution in [3.05, 3.63) is 29.3 Å². The third-order valence-corrected chi connectivity index (χ3v) is 6.06. The van der Waals surface area contributed by atoms with E-state index in [0.717, 1.165) is 6.26 Å².